The third kappa shape index (κ3) is 4.43. The molecule has 0 fully saturated rings. The molecule has 0 aromatic heterocycles. The average molecular weight is 249 g/mol. The highest BCUT2D eigenvalue weighted by atomic mass is 16.7. The molecule has 2 heteroatoms. The van der Waals surface area contributed by atoms with Gasteiger partial charge in [0.05, 0.1) is 5.60 Å². The highest BCUT2D eigenvalue weighted by molar-refractivity contribution is 5.14. The quantitative estimate of drug-likeness (QED) is 0.644. The first-order valence-electron chi connectivity index (χ1n) is 7.10. The van der Waals surface area contributed by atoms with Gasteiger partial charge in [0.2, 0.25) is 0 Å². The third-order valence-corrected chi connectivity index (χ3v) is 3.84. The van der Waals surface area contributed by atoms with Gasteiger partial charge in [0, 0.05) is 13.6 Å². The van der Waals surface area contributed by atoms with Gasteiger partial charge in [0.25, 0.3) is 0 Å². The van der Waals surface area contributed by atoms with Crippen LogP contribution >= 0.6 is 0 Å². The maximum atomic E-state index is 6.14. The van der Waals surface area contributed by atoms with E-state index in [9.17, 15) is 0 Å². The topological polar surface area (TPSA) is 12.5 Å². The summed E-state index contributed by atoms with van der Waals surface area (Å²) < 4.78 is 0. The highest BCUT2D eigenvalue weighted by Gasteiger charge is 2.26. The number of rotatable bonds is 8. The SMILES string of the molecule is CCC(CC)(CC)ON(C)CCc1ccccc1. The van der Waals surface area contributed by atoms with Gasteiger partial charge in [-0.2, -0.15) is 5.06 Å². The minimum absolute atomic E-state index is 0.0193. The molecule has 0 amide bonds. The summed E-state index contributed by atoms with van der Waals surface area (Å²) in [5.41, 5.74) is 1.38. The fourth-order valence-electron chi connectivity index (χ4n) is 2.25. The molecule has 0 saturated carbocycles. The first kappa shape index (κ1) is 15.2. The molecule has 0 atom stereocenters. The molecular weight excluding hydrogens is 222 g/mol. The smallest absolute Gasteiger partial charge is 0.0891 e. The van der Waals surface area contributed by atoms with E-state index >= 15 is 0 Å². The fraction of sp³-hybridized carbons (Fsp3) is 0.625. The molecule has 0 heterocycles. The minimum atomic E-state index is 0.0193. The van der Waals surface area contributed by atoms with E-state index in [-0.39, 0.29) is 5.60 Å². The predicted octanol–water partition coefficient (Wildman–Crippen LogP) is 4.06. The molecule has 0 radical (unpaired) electrons. The Bertz CT molecular complexity index is 311. The van der Waals surface area contributed by atoms with Crippen molar-refractivity contribution in [2.75, 3.05) is 13.6 Å². The van der Waals surface area contributed by atoms with Gasteiger partial charge in [-0.25, -0.2) is 0 Å². The average Bonchev–Trinajstić information content (AvgIpc) is 2.44. The van der Waals surface area contributed by atoms with Gasteiger partial charge in [-0.15, -0.1) is 0 Å². The molecule has 102 valence electrons. The van der Waals surface area contributed by atoms with Crippen molar-refractivity contribution in [2.24, 2.45) is 0 Å². The van der Waals surface area contributed by atoms with Crippen LogP contribution in [-0.2, 0) is 11.3 Å². The Morgan fingerprint density at radius 2 is 1.56 bits per heavy atom. The summed E-state index contributed by atoms with van der Waals surface area (Å²) in [5.74, 6) is 0. The molecule has 0 spiro atoms. The lowest BCUT2D eigenvalue weighted by Crippen LogP contribution is -2.38. The van der Waals surface area contributed by atoms with E-state index in [1.807, 2.05) is 12.1 Å². The molecule has 0 aliphatic carbocycles. The van der Waals surface area contributed by atoms with Crippen LogP contribution in [0.15, 0.2) is 30.3 Å². The van der Waals surface area contributed by atoms with E-state index in [4.69, 9.17) is 4.84 Å². The summed E-state index contributed by atoms with van der Waals surface area (Å²) in [4.78, 5) is 6.14. The number of hydrogen-bond donors (Lipinski definition) is 0. The van der Waals surface area contributed by atoms with Gasteiger partial charge in [-0.3, -0.25) is 4.84 Å². The van der Waals surface area contributed by atoms with E-state index in [0.717, 1.165) is 32.2 Å². The lowest BCUT2D eigenvalue weighted by molar-refractivity contribution is -0.237. The maximum Gasteiger partial charge on any atom is 0.0891 e. The summed E-state index contributed by atoms with van der Waals surface area (Å²) in [5, 5.41) is 2.00. The van der Waals surface area contributed by atoms with Crippen LogP contribution in [0.25, 0.3) is 0 Å². The molecular formula is C16H27NO. The molecule has 1 rings (SSSR count). The number of benzene rings is 1. The second-order valence-electron chi connectivity index (χ2n) is 4.92. The molecule has 0 aliphatic rings. The second kappa shape index (κ2) is 7.55. The van der Waals surface area contributed by atoms with Crippen molar-refractivity contribution in [2.45, 2.75) is 52.1 Å². The van der Waals surface area contributed by atoms with Crippen molar-refractivity contribution < 1.29 is 4.84 Å². The molecule has 2 nitrogen and oxygen atoms in total. The van der Waals surface area contributed by atoms with Gasteiger partial charge >= 0.3 is 0 Å². The second-order valence-corrected chi connectivity index (χ2v) is 4.92. The minimum Gasteiger partial charge on any atom is -0.293 e. The van der Waals surface area contributed by atoms with Crippen molar-refractivity contribution in [3.8, 4) is 0 Å². The number of likely N-dealkylation sites (N-methyl/N-ethyl adjacent to an activating group) is 1. The molecule has 18 heavy (non-hydrogen) atoms. The Balaban J connectivity index is 2.43. The van der Waals surface area contributed by atoms with E-state index in [1.54, 1.807) is 0 Å². The first-order chi connectivity index (χ1) is 8.65. The monoisotopic (exact) mass is 249 g/mol. The molecule has 0 unspecified atom stereocenters. The van der Waals surface area contributed by atoms with Crippen LogP contribution in [-0.4, -0.2) is 24.3 Å². The van der Waals surface area contributed by atoms with E-state index in [1.165, 1.54) is 5.56 Å². The van der Waals surface area contributed by atoms with Gasteiger partial charge in [0.15, 0.2) is 0 Å². The largest absolute Gasteiger partial charge is 0.293 e. The van der Waals surface area contributed by atoms with Crippen molar-refractivity contribution in [1.82, 2.24) is 5.06 Å². The van der Waals surface area contributed by atoms with E-state index in [2.05, 4.69) is 51.1 Å². The Kier molecular flexibility index (Phi) is 6.37. The van der Waals surface area contributed by atoms with Crippen LogP contribution in [0.3, 0.4) is 0 Å². The summed E-state index contributed by atoms with van der Waals surface area (Å²) in [6, 6.07) is 10.6. The normalized spacial score (nSPS) is 12.1. The molecule has 0 aliphatic heterocycles. The number of hydrogen-bond acceptors (Lipinski definition) is 2. The lowest BCUT2D eigenvalue weighted by atomic mass is 9.94. The summed E-state index contributed by atoms with van der Waals surface area (Å²) in [6.45, 7) is 7.56. The Labute approximate surface area is 112 Å². The molecule has 0 saturated heterocycles. The van der Waals surface area contributed by atoms with Crippen LogP contribution in [0.5, 0.6) is 0 Å². The fourth-order valence-corrected chi connectivity index (χ4v) is 2.25. The van der Waals surface area contributed by atoms with Crippen molar-refractivity contribution in [3.05, 3.63) is 35.9 Å². The Hall–Kier alpha value is -0.860. The zero-order valence-electron chi connectivity index (χ0n) is 12.3. The molecule has 1 aromatic rings. The van der Waals surface area contributed by atoms with E-state index in [0.29, 0.717) is 0 Å². The van der Waals surface area contributed by atoms with Crippen molar-refractivity contribution in [3.63, 3.8) is 0 Å². The van der Waals surface area contributed by atoms with Crippen LogP contribution < -0.4 is 0 Å². The Morgan fingerprint density at radius 1 is 1.00 bits per heavy atom. The molecule has 0 N–H and O–H groups in total. The van der Waals surface area contributed by atoms with Crippen LogP contribution in [0.4, 0.5) is 0 Å². The van der Waals surface area contributed by atoms with Crippen LogP contribution in [0, 0.1) is 0 Å². The Morgan fingerprint density at radius 3 is 2.06 bits per heavy atom. The summed E-state index contributed by atoms with van der Waals surface area (Å²) in [6.07, 6.45) is 4.23. The zero-order chi connectivity index (χ0) is 13.4. The van der Waals surface area contributed by atoms with Gasteiger partial charge in [0.1, 0.15) is 0 Å². The lowest BCUT2D eigenvalue weighted by Gasteiger charge is -2.34. The van der Waals surface area contributed by atoms with Gasteiger partial charge < -0.3 is 0 Å². The van der Waals surface area contributed by atoms with E-state index < -0.39 is 0 Å². The van der Waals surface area contributed by atoms with Crippen LogP contribution in [0.2, 0.25) is 0 Å². The number of hydroxylamine groups is 2. The summed E-state index contributed by atoms with van der Waals surface area (Å²) >= 11 is 0. The van der Waals surface area contributed by atoms with Gasteiger partial charge in [-0.05, 0) is 31.2 Å². The van der Waals surface area contributed by atoms with Crippen LogP contribution in [0.1, 0.15) is 45.6 Å². The third-order valence-electron chi connectivity index (χ3n) is 3.84. The predicted molar refractivity (Wildman–Crippen MR) is 77.5 cm³/mol. The first-order valence-corrected chi connectivity index (χ1v) is 7.10. The zero-order valence-corrected chi connectivity index (χ0v) is 12.3. The molecule has 1 aromatic carbocycles. The highest BCUT2D eigenvalue weighted by Crippen LogP contribution is 2.25. The van der Waals surface area contributed by atoms with Crippen molar-refractivity contribution in [1.29, 1.82) is 0 Å². The summed E-state index contributed by atoms with van der Waals surface area (Å²) in [7, 11) is 2.04. The number of nitrogens with zero attached hydrogens (tertiary/aromatic N) is 1. The standard InChI is InChI=1S/C16H27NO/c1-5-16(6-2,7-3)18-17(4)14-13-15-11-9-8-10-12-15/h8-12H,5-7,13-14H2,1-4H3. The molecule has 0 bridgehead atoms. The van der Waals surface area contributed by atoms with Gasteiger partial charge in [-0.1, -0.05) is 51.1 Å². The van der Waals surface area contributed by atoms with Crippen molar-refractivity contribution >= 4 is 0 Å². The maximum absolute atomic E-state index is 6.14.